The van der Waals surface area contributed by atoms with Crippen LogP contribution in [0, 0.1) is 23.2 Å². The summed E-state index contributed by atoms with van der Waals surface area (Å²) in [5.41, 5.74) is 0.819. The van der Waals surface area contributed by atoms with Crippen molar-refractivity contribution in [3.05, 3.63) is 0 Å². The fourth-order valence-corrected chi connectivity index (χ4v) is 3.36. The zero-order valence-electron chi connectivity index (χ0n) is 13.8. The molecule has 1 aliphatic carbocycles. The van der Waals surface area contributed by atoms with Crippen LogP contribution in [0.15, 0.2) is 0 Å². The molecule has 0 aliphatic heterocycles. The highest BCUT2D eigenvalue weighted by molar-refractivity contribution is 4.89. The molecule has 0 spiro atoms. The van der Waals surface area contributed by atoms with Crippen molar-refractivity contribution in [2.75, 3.05) is 6.54 Å². The molecule has 0 aromatic heterocycles. The summed E-state index contributed by atoms with van der Waals surface area (Å²) in [6.07, 6.45) is 5.55. The fraction of sp³-hybridized carbons (Fsp3) is 1.00. The van der Waals surface area contributed by atoms with E-state index in [0.29, 0.717) is 5.41 Å². The van der Waals surface area contributed by atoms with E-state index in [0.717, 1.165) is 17.8 Å². The van der Waals surface area contributed by atoms with Gasteiger partial charge in [-0.15, -0.1) is 0 Å². The predicted molar refractivity (Wildman–Crippen MR) is 81.8 cm³/mol. The first-order valence-corrected chi connectivity index (χ1v) is 7.89. The van der Waals surface area contributed by atoms with Crippen LogP contribution in [0.2, 0.25) is 0 Å². The third kappa shape index (κ3) is 4.91. The normalized spacial score (nSPS) is 30.2. The Labute approximate surface area is 115 Å². The van der Waals surface area contributed by atoms with E-state index in [1.54, 1.807) is 0 Å². The number of hydrogen-bond acceptors (Lipinski definition) is 1. The molecule has 1 fully saturated rings. The van der Waals surface area contributed by atoms with Crippen LogP contribution in [0.5, 0.6) is 0 Å². The van der Waals surface area contributed by atoms with Gasteiger partial charge in [-0.1, -0.05) is 34.1 Å². The van der Waals surface area contributed by atoms with Crippen LogP contribution in [0.4, 0.5) is 0 Å². The second kappa shape index (κ2) is 5.94. The molecule has 1 nitrogen and oxygen atoms in total. The molecule has 1 saturated carbocycles. The van der Waals surface area contributed by atoms with Gasteiger partial charge in [0.1, 0.15) is 0 Å². The van der Waals surface area contributed by atoms with E-state index in [1.165, 1.54) is 32.2 Å². The summed E-state index contributed by atoms with van der Waals surface area (Å²) in [5.74, 6) is 2.66. The van der Waals surface area contributed by atoms with Gasteiger partial charge in [0, 0.05) is 5.54 Å². The second-order valence-corrected chi connectivity index (χ2v) is 8.35. The average Bonchev–Trinajstić information content (AvgIpc) is 2.24. The molecule has 0 saturated heterocycles. The molecule has 1 heteroatoms. The van der Waals surface area contributed by atoms with Crippen molar-refractivity contribution in [1.29, 1.82) is 0 Å². The molecule has 0 aromatic rings. The Morgan fingerprint density at radius 2 is 1.89 bits per heavy atom. The molecule has 1 aliphatic rings. The van der Waals surface area contributed by atoms with Crippen LogP contribution in [0.25, 0.3) is 0 Å². The molecular formula is C17H35N. The van der Waals surface area contributed by atoms with E-state index in [1.807, 2.05) is 0 Å². The standard InChI is InChI=1S/C17H35N/c1-8-13(2)15-11-17(6,7)10-9-14(15)12-18-16(3,4)5/h13-15,18H,8-12H2,1-7H3. The van der Waals surface area contributed by atoms with Crippen molar-refractivity contribution in [3.8, 4) is 0 Å². The van der Waals surface area contributed by atoms with Gasteiger partial charge in [-0.3, -0.25) is 0 Å². The van der Waals surface area contributed by atoms with Gasteiger partial charge in [0.25, 0.3) is 0 Å². The zero-order chi connectivity index (χ0) is 14.0. The first kappa shape index (κ1) is 16.0. The van der Waals surface area contributed by atoms with Gasteiger partial charge in [-0.2, -0.15) is 0 Å². The van der Waals surface area contributed by atoms with Gasteiger partial charge in [0.2, 0.25) is 0 Å². The van der Waals surface area contributed by atoms with Gasteiger partial charge in [0.05, 0.1) is 0 Å². The highest BCUT2D eigenvalue weighted by Gasteiger charge is 2.37. The maximum Gasteiger partial charge on any atom is 0.00966 e. The van der Waals surface area contributed by atoms with Crippen LogP contribution in [-0.4, -0.2) is 12.1 Å². The van der Waals surface area contributed by atoms with E-state index in [2.05, 4.69) is 53.8 Å². The number of nitrogens with one attached hydrogen (secondary N) is 1. The summed E-state index contributed by atoms with van der Waals surface area (Å²) in [4.78, 5) is 0. The van der Waals surface area contributed by atoms with Crippen molar-refractivity contribution in [2.24, 2.45) is 23.2 Å². The molecular weight excluding hydrogens is 218 g/mol. The molecule has 0 radical (unpaired) electrons. The summed E-state index contributed by atoms with van der Waals surface area (Å²) < 4.78 is 0. The van der Waals surface area contributed by atoms with Crippen LogP contribution in [0.1, 0.15) is 74.1 Å². The van der Waals surface area contributed by atoms with E-state index in [4.69, 9.17) is 0 Å². The lowest BCUT2D eigenvalue weighted by atomic mass is 9.63. The van der Waals surface area contributed by atoms with E-state index >= 15 is 0 Å². The fourth-order valence-electron chi connectivity index (χ4n) is 3.36. The molecule has 3 unspecified atom stereocenters. The largest absolute Gasteiger partial charge is 0.312 e. The minimum Gasteiger partial charge on any atom is -0.312 e. The van der Waals surface area contributed by atoms with Crippen LogP contribution < -0.4 is 5.32 Å². The first-order valence-electron chi connectivity index (χ1n) is 7.89. The summed E-state index contributed by atoms with van der Waals surface area (Å²) in [5, 5.41) is 3.73. The molecule has 0 aromatic carbocycles. The van der Waals surface area contributed by atoms with Crippen LogP contribution in [0.3, 0.4) is 0 Å². The Balaban J connectivity index is 2.64. The Morgan fingerprint density at radius 1 is 1.28 bits per heavy atom. The van der Waals surface area contributed by atoms with Gasteiger partial charge in [-0.05, 0) is 69.7 Å². The maximum atomic E-state index is 3.73. The minimum atomic E-state index is 0.257. The topological polar surface area (TPSA) is 12.0 Å². The molecule has 1 rings (SSSR count). The zero-order valence-corrected chi connectivity index (χ0v) is 13.8. The molecule has 3 atom stereocenters. The molecule has 0 amide bonds. The third-order valence-electron chi connectivity index (χ3n) is 4.86. The Bertz CT molecular complexity index is 249. The lowest BCUT2D eigenvalue weighted by molar-refractivity contribution is 0.0737. The highest BCUT2D eigenvalue weighted by Crippen LogP contribution is 2.45. The van der Waals surface area contributed by atoms with Gasteiger partial charge < -0.3 is 5.32 Å². The average molecular weight is 253 g/mol. The first-order chi connectivity index (χ1) is 8.14. The van der Waals surface area contributed by atoms with Gasteiger partial charge in [-0.25, -0.2) is 0 Å². The SMILES string of the molecule is CCC(C)C1CC(C)(C)CCC1CNC(C)(C)C. The lowest BCUT2D eigenvalue weighted by Crippen LogP contribution is -2.44. The van der Waals surface area contributed by atoms with Crippen molar-refractivity contribution in [2.45, 2.75) is 79.7 Å². The van der Waals surface area contributed by atoms with Gasteiger partial charge in [0.15, 0.2) is 0 Å². The summed E-state index contributed by atoms with van der Waals surface area (Å²) in [7, 11) is 0. The summed E-state index contributed by atoms with van der Waals surface area (Å²) >= 11 is 0. The Hall–Kier alpha value is -0.0400. The number of rotatable bonds is 4. The van der Waals surface area contributed by atoms with Crippen molar-refractivity contribution in [1.82, 2.24) is 5.32 Å². The third-order valence-corrected chi connectivity index (χ3v) is 4.86. The highest BCUT2D eigenvalue weighted by atomic mass is 14.9. The molecule has 18 heavy (non-hydrogen) atoms. The van der Waals surface area contributed by atoms with E-state index in [9.17, 15) is 0 Å². The van der Waals surface area contributed by atoms with E-state index < -0.39 is 0 Å². The predicted octanol–water partition coefficient (Wildman–Crippen LogP) is 4.86. The minimum absolute atomic E-state index is 0.257. The van der Waals surface area contributed by atoms with Crippen molar-refractivity contribution < 1.29 is 0 Å². The van der Waals surface area contributed by atoms with Crippen LogP contribution >= 0.6 is 0 Å². The van der Waals surface area contributed by atoms with Crippen LogP contribution in [-0.2, 0) is 0 Å². The Kier molecular flexibility index (Phi) is 5.29. The van der Waals surface area contributed by atoms with Crippen molar-refractivity contribution in [3.63, 3.8) is 0 Å². The van der Waals surface area contributed by atoms with Crippen molar-refractivity contribution >= 4 is 0 Å². The molecule has 0 heterocycles. The second-order valence-electron chi connectivity index (χ2n) is 8.35. The number of hydrogen-bond donors (Lipinski definition) is 1. The van der Waals surface area contributed by atoms with E-state index in [-0.39, 0.29) is 5.54 Å². The molecule has 1 N–H and O–H groups in total. The summed E-state index contributed by atoms with van der Waals surface area (Å²) in [6.45, 7) is 17.7. The monoisotopic (exact) mass is 253 g/mol. The Morgan fingerprint density at radius 3 is 2.39 bits per heavy atom. The quantitative estimate of drug-likeness (QED) is 0.754. The summed E-state index contributed by atoms with van der Waals surface area (Å²) in [6, 6.07) is 0. The van der Waals surface area contributed by atoms with Gasteiger partial charge >= 0.3 is 0 Å². The molecule has 108 valence electrons. The smallest absolute Gasteiger partial charge is 0.00966 e. The molecule has 0 bridgehead atoms. The maximum absolute atomic E-state index is 3.73. The lowest BCUT2D eigenvalue weighted by Gasteiger charge is -2.44.